The van der Waals surface area contributed by atoms with Gasteiger partial charge in [-0.1, -0.05) is 13.3 Å². The Kier molecular flexibility index (Phi) is 21.0. The van der Waals surface area contributed by atoms with E-state index in [0.717, 1.165) is 6.54 Å². The van der Waals surface area contributed by atoms with E-state index in [0.29, 0.717) is 0 Å². The lowest BCUT2D eigenvalue weighted by Crippen LogP contribution is -2.06. The fourth-order valence-corrected chi connectivity index (χ4v) is 0.354. The molecule has 1 heteroatoms. The summed E-state index contributed by atoms with van der Waals surface area (Å²) in [7, 11) is 1.98. The summed E-state index contributed by atoms with van der Waals surface area (Å²) < 4.78 is 0. The monoisotopic (exact) mass is 113 g/mol. The molecule has 0 aromatic carbocycles. The number of nitrogens with one attached hydrogen (secondary N) is 1. The van der Waals surface area contributed by atoms with Crippen LogP contribution in [0.15, 0.2) is 0 Å². The van der Waals surface area contributed by atoms with Gasteiger partial charge in [0, 0.05) is 0 Å². The zero-order valence-corrected chi connectivity index (χ0v) is 5.78. The third kappa shape index (κ3) is 17.8. The first-order valence-electron chi connectivity index (χ1n) is 2.89. The van der Waals surface area contributed by atoms with E-state index in [1.54, 1.807) is 0 Å². The van der Waals surface area contributed by atoms with Crippen LogP contribution in [-0.4, -0.2) is 13.6 Å². The van der Waals surface area contributed by atoms with Crippen LogP contribution in [0.25, 0.3) is 0 Å². The van der Waals surface area contributed by atoms with Crippen LogP contribution in [0.2, 0.25) is 0 Å². The topological polar surface area (TPSA) is 12.0 Å². The van der Waals surface area contributed by atoms with Crippen LogP contribution in [-0.2, 0) is 0 Å². The molecule has 0 spiro atoms. The fraction of sp³-hybridized carbons (Fsp3) is 0.714. The molecule has 48 valence electrons. The van der Waals surface area contributed by atoms with Crippen molar-refractivity contribution in [2.24, 2.45) is 0 Å². The Morgan fingerprint density at radius 3 is 2.00 bits per heavy atom. The minimum absolute atomic E-state index is 1.16. The second kappa shape index (κ2) is 16.0. The van der Waals surface area contributed by atoms with E-state index in [4.69, 9.17) is 0 Å². The van der Waals surface area contributed by atoms with Crippen molar-refractivity contribution in [3.05, 3.63) is 0 Å². The highest BCUT2D eigenvalue weighted by Gasteiger charge is 1.73. The van der Waals surface area contributed by atoms with E-state index in [9.17, 15) is 0 Å². The first-order valence-corrected chi connectivity index (χ1v) is 2.89. The minimum atomic E-state index is 1.16. The van der Waals surface area contributed by atoms with Crippen LogP contribution >= 0.6 is 0 Å². The van der Waals surface area contributed by atoms with Crippen molar-refractivity contribution in [1.29, 1.82) is 0 Å². The van der Waals surface area contributed by atoms with Gasteiger partial charge in [-0.25, -0.2) is 0 Å². The van der Waals surface area contributed by atoms with Crippen LogP contribution in [0, 0.1) is 12.8 Å². The summed E-state index contributed by atoms with van der Waals surface area (Å²) in [6.07, 6.45) is 10.6. The summed E-state index contributed by atoms with van der Waals surface area (Å²) in [6, 6.07) is 0. The summed E-state index contributed by atoms with van der Waals surface area (Å²) in [5, 5.41) is 3.07. The molecule has 0 atom stereocenters. The smallest absolute Gasteiger partial charge is 0.00520 e. The van der Waals surface area contributed by atoms with Gasteiger partial charge in [0.2, 0.25) is 0 Å². The summed E-state index contributed by atoms with van der Waals surface area (Å²) in [5.41, 5.74) is 0. The molecule has 0 aromatic heterocycles. The third-order valence-electron chi connectivity index (χ3n) is 0.780. The molecular weight excluding hydrogens is 98.1 g/mol. The standard InChI is InChI=1S/C5H13N.C2H2/c1-3-4-5-6-2;1-2/h6H,3-5H2,1-2H3;1-2H. The second-order valence-electron chi connectivity index (χ2n) is 1.46. The van der Waals surface area contributed by atoms with Gasteiger partial charge in [-0.3, -0.25) is 0 Å². The SMILES string of the molecule is C#C.CCCCNC. The molecule has 0 fully saturated rings. The van der Waals surface area contributed by atoms with Gasteiger partial charge in [-0.2, -0.15) is 0 Å². The van der Waals surface area contributed by atoms with Gasteiger partial charge in [0.15, 0.2) is 0 Å². The Balaban J connectivity index is 0. The molecule has 0 rings (SSSR count). The van der Waals surface area contributed by atoms with Gasteiger partial charge in [-0.15, -0.1) is 12.8 Å². The van der Waals surface area contributed by atoms with Gasteiger partial charge in [0.05, 0.1) is 0 Å². The predicted molar refractivity (Wildman–Crippen MR) is 38.7 cm³/mol. The van der Waals surface area contributed by atoms with Gasteiger partial charge >= 0.3 is 0 Å². The molecule has 0 saturated carbocycles. The third-order valence-corrected chi connectivity index (χ3v) is 0.780. The van der Waals surface area contributed by atoms with Crippen molar-refractivity contribution in [2.75, 3.05) is 13.6 Å². The first kappa shape index (κ1) is 10.5. The number of terminal acetylenes is 1. The Hall–Kier alpha value is -0.480. The van der Waals surface area contributed by atoms with Crippen molar-refractivity contribution in [3.63, 3.8) is 0 Å². The molecule has 0 aliphatic rings. The Labute approximate surface area is 52.5 Å². The molecule has 8 heavy (non-hydrogen) atoms. The molecule has 0 amide bonds. The fourth-order valence-electron chi connectivity index (χ4n) is 0.354. The van der Waals surface area contributed by atoms with Gasteiger partial charge in [0.1, 0.15) is 0 Å². The lowest BCUT2D eigenvalue weighted by atomic mass is 10.3. The van der Waals surface area contributed by atoms with Crippen molar-refractivity contribution >= 4 is 0 Å². The van der Waals surface area contributed by atoms with E-state index in [2.05, 4.69) is 25.1 Å². The summed E-state index contributed by atoms with van der Waals surface area (Å²) in [6.45, 7) is 3.36. The van der Waals surface area contributed by atoms with Crippen molar-refractivity contribution < 1.29 is 0 Å². The Bertz CT molecular complexity index is 34.9. The van der Waals surface area contributed by atoms with Crippen LogP contribution in [0.5, 0.6) is 0 Å². The Morgan fingerprint density at radius 1 is 1.38 bits per heavy atom. The molecule has 0 heterocycles. The van der Waals surface area contributed by atoms with Crippen LogP contribution in [0.1, 0.15) is 19.8 Å². The van der Waals surface area contributed by atoms with E-state index in [-0.39, 0.29) is 0 Å². The lowest BCUT2D eigenvalue weighted by Gasteiger charge is -1.89. The van der Waals surface area contributed by atoms with Gasteiger partial charge in [0.25, 0.3) is 0 Å². The summed E-state index contributed by atoms with van der Waals surface area (Å²) in [4.78, 5) is 0. The largest absolute Gasteiger partial charge is 0.320 e. The maximum atomic E-state index is 4.00. The molecule has 0 unspecified atom stereocenters. The maximum absolute atomic E-state index is 4.00. The van der Waals surface area contributed by atoms with Crippen molar-refractivity contribution in [3.8, 4) is 12.8 Å². The van der Waals surface area contributed by atoms with Gasteiger partial charge in [-0.05, 0) is 20.0 Å². The average molecular weight is 113 g/mol. The van der Waals surface area contributed by atoms with Crippen LogP contribution < -0.4 is 5.32 Å². The molecule has 0 bridgehead atoms. The van der Waals surface area contributed by atoms with Crippen molar-refractivity contribution in [1.82, 2.24) is 5.32 Å². The molecule has 0 radical (unpaired) electrons. The van der Waals surface area contributed by atoms with Crippen molar-refractivity contribution in [2.45, 2.75) is 19.8 Å². The lowest BCUT2D eigenvalue weighted by molar-refractivity contribution is 0.711. The normalized spacial score (nSPS) is 7.00. The minimum Gasteiger partial charge on any atom is -0.320 e. The average Bonchev–Trinajstić information content (AvgIpc) is 1.88. The Morgan fingerprint density at radius 2 is 1.88 bits per heavy atom. The number of hydrogen-bond donors (Lipinski definition) is 1. The summed E-state index contributed by atoms with van der Waals surface area (Å²) >= 11 is 0. The van der Waals surface area contributed by atoms with Gasteiger partial charge < -0.3 is 5.32 Å². The molecule has 0 aromatic rings. The first-order chi connectivity index (χ1) is 3.91. The molecule has 1 N–H and O–H groups in total. The molecular formula is C7H15N. The number of hydrogen-bond acceptors (Lipinski definition) is 1. The predicted octanol–water partition coefficient (Wildman–Crippen LogP) is 1.26. The van der Waals surface area contributed by atoms with E-state index < -0.39 is 0 Å². The molecule has 1 nitrogen and oxygen atoms in total. The quantitative estimate of drug-likeness (QED) is 0.429. The maximum Gasteiger partial charge on any atom is -0.00520 e. The van der Waals surface area contributed by atoms with Crippen LogP contribution in [0.4, 0.5) is 0 Å². The molecule has 0 aliphatic heterocycles. The number of unbranched alkanes of at least 4 members (excludes halogenated alkanes) is 1. The number of rotatable bonds is 3. The molecule has 0 aliphatic carbocycles. The van der Waals surface area contributed by atoms with E-state index >= 15 is 0 Å². The zero-order chi connectivity index (χ0) is 6.83. The second-order valence-corrected chi connectivity index (χ2v) is 1.46. The highest BCUT2D eigenvalue weighted by Crippen LogP contribution is 1.79. The zero-order valence-electron chi connectivity index (χ0n) is 5.78. The van der Waals surface area contributed by atoms with E-state index in [1.165, 1.54) is 12.8 Å². The van der Waals surface area contributed by atoms with E-state index in [1.807, 2.05) is 7.05 Å². The highest BCUT2D eigenvalue weighted by molar-refractivity contribution is 4.47. The van der Waals surface area contributed by atoms with Crippen LogP contribution in [0.3, 0.4) is 0 Å². The summed E-state index contributed by atoms with van der Waals surface area (Å²) in [5.74, 6) is 0. The molecule has 0 saturated heterocycles. The highest BCUT2D eigenvalue weighted by atomic mass is 14.8.